The Hall–Kier alpha value is -1.18. The highest BCUT2D eigenvalue weighted by molar-refractivity contribution is 9.10. The number of hydrogen-bond acceptors (Lipinski definition) is 3. The van der Waals surface area contributed by atoms with E-state index in [0.717, 1.165) is 18.3 Å². The molecule has 7 heteroatoms. The molecule has 4 saturated carbocycles. The molecule has 0 heterocycles. The summed E-state index contributed by atoms with van der Waals surface area (Å²) in [5.74, 6) is 1.50. The number of amides is 1. The van der Waals surface area contributed by atoms with Crippen molar-refractivity contribution in [2.24, 2.45) is 17.3 Å². The van der Waals surface area contributed by atoms with E-state index >= 15 is 0 Å². The Kier molecular flexibility index (Phi) is 5.68. The van der Waals surface area contributed by atoms with E-state index in [1.54, 1.807) is 24.3 Å². The molecule has 2 N–H and O–H groups in total. The predicted octanol–water partition coefficient (Wildman–Crippen LogP) is 4.35. The zero-order valence-corrected chi connectivity index (χ0v) is 19.0. The summed E-state index contributed by atoms with van der Waals surface area (Å²) >= 11 is 4.01. The van der Waals surface area contributed by atoms with Crippen LogP contribution in [0.2, 0.25) is 0 Å². The van der Waals surface area contributed by atoms with Gasteiger partial charge in [0.2, 0.25) is 15.9 Å². The maximum Gasteiger partial charge on any atom is 0.224 e. The highest BCUT2D eigenvalue weighted by Gasteiger charge is 2.57. The zero-order chi connectivity index (χ0) is 20.7. The number of carbonyl (C=O) groups is 1. The molecule has 158 valence electrons. The number of carbonyl (C=O) groups excluding carboxylic acids is 1. The second-order valence-electron chi connectivity index (χ2n) is 9.43. The molecule has 1 aromatic rings. The van der Waals surface area contributed by atoms with Crippen molar-refractivity contribution in [2.75, 3.05) is 11.9 Å². The van der Waals surface area contributed by atoms with Crippen molar-refractivity contribution in [1.82, 2.24) is 4.72 Å². The van der Waals surface area contributed by atoms with Gasteiger partial charge in [-0.2, -0.15) is 0 Å². The average Bonchev–Trinajstić information content (AvgIpc) is 2.59. The minimum atomic E-state index is -3.38. The Morgan fingerprint density at radius 3 is 2.41 bits per heavy atom. The first-order valence-corrected chi connectivity index (χ1v) is 12.8. The lowest BCUT2D eigenvalue weighted by Gasteiger charge is -2.60. The summed E-state index contributed by atoms with van der Waals surface area (Å²) < 4.78 is 26.6. The molecule has 4 fully saturated rings. The van der Waals surface area contributed by atoms with Crippen molar-refractivity contribution in [3.8, 4) is 0 Å². The molecule has 0 aliphatic heterocycles. The van der Waals surface area contributed by atoms with Gasteiger partial charge in [-0.3, -0.25) is 4.79 Å². The number of halogens is 1. The van der Waals surface area contributed by atoms with Gasteiger partial charge in [-0.25, -0.2) is 13.1 Å². The minimum absolute atomic E-state index is 0.0658. The molecule has 4 bridgehead atoms. The van der Waals surface area contributed by atoms with Crippen molar-refractivity contribution in [1.29, 1.82) is 0 Å². The number of nitrogens with one attached hydrogen (secondary N) is 2. The quantitative estimate of drug-likeness (QED) is 0.428. The van der Waals surface area contributed by atoms with E-state index in [-0.39, 0.29) is 27.9 Å². The third-order valence-corrected chi connectivity index (χ3v) is 8.94. The fourth-order valence-electron chi connectivity index (χ4n) is 6.23. The van der Waals surface area contributed by atoms with E-state index in [1.165, 1.54) is 38.2 Å². The van der Waals surface area contributed by atoms with Crippen molar-refractivity contribution in [3.63, 3.8) is 0 Å². The van der Waals surface area contributed by atoms with E-state index in [0.29, 0.717) is 17.7 Å². The van der Waals surface area contributed by atoms with Gasteiger partial charge >= 0.3 is 0 Å². The number of rotatable bonds is 8. The Morgan fingerprint density at radius 1 is 1.17 bits per heavy atom. The van der Waals surface area contributed by atoms with Crippen molar-refractivity contribution >= 4 is 37.5 Å². The summed E-state index contributed by atoms with van der Waals surface area (Å²) in [6.45, 7) is 3.73. The molecule has 5 rings (SSSR count). The summed E-state index contributed by atoms with van der Waals surface area (Å²) in [4.78, 5) is 12.8. The minimum Gasteiger partial charge on any atom is -0.326 e. The average molecular weight is 481 g/mol. The standard InChI is InChI=1S/C22H29BrN2O3S/c1-2-7-24-29(27,28)14-16-3-5-19(6-4-16)25-20(26)13-21-9-17-8-18(10-21)12-22(23,11-17)15-21/h2-6,17-18,24H,1,7-15H2,(H,25,26). The molecule has 4 aliphatic rings. The van der Waals surface area contributed by atoms with Crippen molar-refractivity contribution in [2.45, 2.75) is 55.0 Å². The van der Waals surface area contributed by atoms with Gasteiger partial charge in [0, 0.05) is 23.0 Å². The molecule has 0 spiro atoms. The van der Waals surface area contributed by atoms with Gasteiger partial charge in [0.25, 0.3) is 0 Å². The smallest absolute Gasteiger partial charge is 0.224 e. The molecule has 0 aromatic heterocycles. The van der Waals surface area contributed by atoms with Crippen LogP contribution in [0.5, 0.6) is 0 Å². The van der Waals surface area contributed by atoms with E-state index < -0.39 is 10.0 Å². The van der Waals surface area contributed by atoms with Crippen LogP contribution in [-0.4, -0.2) is 25.2 Å². The van der Waals surface area contributed by atoms with E-state index in [4.69, 9.17) is 0 Å². The monoisotopic (exact) mass is 480 g/mol. The maximum absolute atomic E-state index is 12.8. The number of hydrogen-bond donors (Lipinski definition) is 2. The predicted molar refractivity (Wildman–Crippen MR) is 119 cm³/mol. The lowest BCUT2D eigenvalue weighted by molar-refractivity contribution is -0.123. The van der Waals surface area contributed by atoms with Gasteiger partial charge in [0.1, 0.15) is 0 Å². The highest BCUT2D eigenvalue weighted by Crippen LogP contribution is 2.65. The summed E-state index contributed by atoms with van der Waals surface area (Å²) in [5.41, 5.74) is 1.54. The molecule has 1 aromatic carbocycles. The molecule has 1 amide bonds. The van der Waals surface area contributed by atoms with Crippen LogP contribution in [0.1, 0.15) is 50.5 Å². The van der Waals surface area contributed by atoms with Gasteiger partial charge < -0.3 is 5.32 Å². The third kappa shape index (κ3) is 4.94. The van der Waals surface area contributed by atoms with Crippen LogP contribution in [0.25, 0.3) is 0 Å². The highest BCUT2D eigenvalue weighted by atomic mass is 79.9. The summed E-state index contributed by atoms with van der Waals surface area (Å²) in [6.07, 6.45) is 9.42. The van der Waals surface area contributed by atoms with Gasteiger partial charge in [-0.05, 0) is 73.5 Å². The van der Waals surface area contributed by atoms with Gasteiger partial charge in [-0.15, -0.1) is 6.58 Å². The lowest BCUT2D eigenvalue weighted by atomic mass is 9.48. The van der Waals surface area contributed by atoms with Gasteiger partial charge in [0.15, 0.2) is 0 Å². The number of anilines is 1. The molecule has 0 saturated heterocycles. The summed E-state index contributed by atoms with van der Waals surface area (Å²) in [5, 5.41) is 3.02. The molecule has 29 heavy (non-hydrogen) atoms. The van der Waals surface area contributed by atoms with Crippen LogP contribution in [0, 0.1) is 17.3 Å². The van der Waals surface area contributed by atoms with E-state index in [9.17, 15) is 13.2 Å². The molecule has 2 atom stereocenters. The first-order valence-electron chi connectivity index (χ1n) is 10.3. The Labute approximate surface area is 181 Å². The molecular formula is C22H29BrN2O3S. The fraction of sp³-hybridized carbons (Fsp3) is 0.591. The first-order chi connectivity index (χ1) is 13.7. The molecule has 0 radical (unpaired) electrons. The largest absolute Gasteiger partial charge is 0.326 e. The van der Waals surface area contributed by atoms with Crippen LogP contribution in [0.4, 0.5) is 5.69 Å². The molecule has 5 nitrogen and oxygen atoms in total. The Bertz CT molecular complexity index is 883. The van der Waals surface area contributed by atoms with Crippen LogP contribution >= 0.6 is 15.9 Å². The molecule has 4 aliphatic carbocycles. The second kappa shape index (κ2) is 7.82. The van der Waals surface area contributed by atoms with E-state index in [2.05, 4.69) is 32.5 Å². The van der Waals surface area contributed by atoms with Gasteiger partial charge in [-0.1, -0.05) is 34.1 Å². The Morgan fingerprint density at radius 2 is 1.83 bits per heavy atom. The van der Waals surface area contributed by atoms with Gasteiger partial charge in [0.05, 0.1) is 5.75 Å². The number of benzene rings is 1. The topological polar surface area (TPSA) is 75.3 Å². The zero-order valence-electron chi connectivity index (χ0n) is 16.6. The number of sulfonamides is 1. The summed E-state index contributed by atoms with van der Waals surface area (Å²) in [6, 6.07) is 7.06. The maximum atomic E-state index is 12.8. The van der Waals surface area contributed by atoms with Crippen molar-refractivity contribution in [3.05, 3.63) is 42.5 Å². The molecular weight excluding hydrogens is 452 g/mol. The number of alkyl halides is 1. The summed E-state index contributed by atoms with van der Waals surface area (Å²) in [7, 11) is -3.38. The normalized spacial score (nSPS) is 32.9. The second-order valence-corrected chi connectivity index (χ2v) is 12.9. The fourth-order valence-corrected chi connectivity index (χ4v) is 8.84. The van der Waals surface area contributed by atoms with Crippen molar-refractivity contribution < 1.29 is 13.2 Å². The van der Waals surface area contributed by atoms with Crippen LogP contribution in [0.3, 0.4) is 0 Å². The van der Waals surface area contributed by atoms with Crippen LogP contribution in [0.15, 0.2) is 36.9 Å². The molecule has 2 unspecified atom stereocenters. The Balaban J connectivity index is 1.35. The third-order valence-electron chi connectivity index (χ3n) is 6.69. The SMILES string of the molecule is C=CCNS(=O)(=O)Cc1ccc(NC(=O)CC23CC4CC(CC(Br)(C4)C2)C3)cc1. The van der Waals surface area contributed by atoms with E-state index in [1.807, 2.05) is 0 Å². The first kappa shape index (κ1) is 21.1. The van der Waals surface area contributed by atoms with Crippen LogP contribution < -0.4 is 10.0 Å². The van der Waals surface area contributed by atoms with Crippen LogP contribution in [-0.2, 0) is 20.6 Å². The lowest BCUT2D eigenvalue weighted by Crippen LogP contribution is -2.53.